The second-order valence-electron chi connectivity index (χ2n) is 6.06. The van der Waals surface area contributed by atoms with Gasteiger partial charge in [-0.2, -0.15) is 0 Å². The van der Waals surface area contributed by atoms with Crippen molar-refractivity contribution in [2.45, 2.75) is 50.5 Å². The summed E-state index contributed by atoms with van der Waals surface area (Å²) in [7, 11) is 0. The molecule has 1 saturated carbocycles. The highest BCUT2D eigenvalue weighted by Crippen LogP contribution is 2.31. The first-order valence-corrected chi connectivity index (χ1v) is 7.39. The van der Waals surface area contributed by atoms with Crippen LogP contribution in [0.15, 0.2) is 0 Å². The van der Waals surface area contributed by atoms with Crippen molar-refractivity contribution in [1.29, 1.82) is 0 Å². The van der Waals surface area contributed by atoms with Crippen LogP contribution in [0.1, 0.15) is 44.9 Å². The number of hydrogen-bond donors (Lipinski definition) is 3. The van der Waals surface area contributed by atoms with Crippen LogP contribution in [-0.4, -0.2) is 42.9 Å². The fraction of sp³-hybridized carbons (Fsp3) is 0.929. The van der Waals surface area contributed by atoms with Crippen LogP contribution in [-0.2, 0) is 9.53 Å². The molecule has 1 heterocycles. The van der Waals surface area contributed by atoms with Crippen LogP contribution in [0.4, 0.5) is 0 Å². The van der Waals surface area contributed by atoms with E-state index >= 15 is 0 Å². The van der Waals surface area contributed by atoms with Crippen molar-refractivity contribution < 1.29 is 14.6 Å². The highest BCUT2D eigenvalue weighted by Gasteiger charge is 2.40. The molecule has 1 amide bonds. The molecule has 0 aromatic heterocycles. The SMILES string of the molecule is NCC1(C(=O)NCC2(O)CCCCC2)CCOCC1. The maximum atomic E-state index is 12.4. The first-order chi connectivity index (χ1) is 9.10. The minimum absolute atomic E-state index is 0.0164. The van der Waals surface area contributed by atoms with E-state index in [4.69, 9.17) is 10.5 Å². The van der Waals surface area contributed by atoms with Crippen LogP contribution in [0.5, 0.6) is 0 Å². The summed E-state index contributed by atoms with van der Waals surface area (Å²) in [5.74, 6) is -0.0164. The van der Waals surface area contributed by atoms with Gasteiger partial charge in [0.15, 0.2) is 0 Å². The zero-order valence-corrected chi connectivity index (χ0v) is 11.6. The van der Waals surface area contributed by atoms with E-state index in [9.17, 15) is 9.90 Å². The number of ether oxygens (including phenoxy) is 1. The Kier molecular flexibility index (Phi) is 4.81. The second kappa shape index (κ2) is 6.20. The number of carbonyl (C=O) groups is 1. The molecule has 110 valence electrons. The molecule has 2 aliphatic rings. The third kappa shape index (κ3) is 3.46. The van der Waals surface area contributed by atoms with E-state index in [1.807, 2.05) is 0 Å². The van der Waals surface area contributed by atoms with Crippen molar-refractivity contribution in [2.75, 3.05) is 26.3 Å². The van der Waals surface area contributed by atoms with Gasteiger partial charge in [-0.3, -0.25) is 4.79 Å². The van der Waals surface area contributed by atoms with Crippen LogP contribution < -0.4 is 11.1 Å². The summed E-state index contributed by atoms with van der Waals surface area (Å²) in [5, 5.41) is 13.3. The lowest BCUT2D eigenvalue weighted by atomic mass is 9.78. The number of amides is 1. The molecule has 0 atom stereocenters. The molecule has 1 saturated heterocycles. The van der Waals surface area contributed by atoms with Crippen molar-refractivity contribution >= 4 is 5.91 Å². The zero-order valence-electron chi connectivity index (χ0n) is 11.6. The molecule has 2 rings (SSSR count). The molecule has 5 nitrogen and oxygen atoms in total. The van der Waals surface area contributed by atoms with E-state index in [2.05, 4.69) is 5.32 Å². The quantitative estimate of drug-likeness (QED) is 0.696. The molecule has 0 aromatic carbocycles. The minimum atomic E-state index is -0.713. The van der Waals surface area contributed by atoms with E-state index in [0.717, 1.165) is 25.7 Å². The van der Waals surface area contributed by atoms with E-state index in [1.165, 1.54) is 6.42 Å². The van der Waals surface area contributed by atoms with Gasteiger partial charge in [-0.15, -0.1) is 0 Å². The fourth-order valence-electron chi connectivity index (χ4n) is 3.10. The molecule has 0 unspecified atom stereocenters. The number of rotatable bonds is 4. The van der Waals surface area contributed by atoms with Gasteiger partial charge in [-0.1, -0.05) is 19.3 Å². The van der Waals surface area contributed by atoms with Crippen molar-refractivity contribution in [1.82, 2.24) is 5.32 Å². The molecule has 1 aliphatic carbocycles. The lowest BCUT2D eigenvalue weighted by Crippen LogP contribution is -2.53. The first-order valence-electron chi connectivity index (χ1n) is 7.39. The molecule has 0 radical (unpaired) electrons. The van der Waals surface area contributed by atoms with Gasteiger partial charge in [0.05, 0.1) is 11.0 Å². The molecule has 19 heavy (non-hydrogen) atoms. The Balaban J connectivity index is 1.88. The van der Waals surface area contributed by atoms with Crippen molar-refractivity contribution in [2.24, 2.45) is 11.1 Å². The van der Waals surface area contributed by atoms with Gasteiger partial charge in [0, 0.05) is 26.3 Å². The number of nitrogens with one attached hydrogen (secondary N) is 1. The Morgan fingerprint density at radius 1 is 1.16 bits per heavy atom. The zero-order chi connectivity index (χ0) is 13.8. The summed E-state index contributed by atoms with van der Waals surface area (Å²) < 4.78 is 5.31. The van der Waals surface area contributed by atoms with Crippen LogP contribution in [0.3, 0.4) is 0 Å². The predicted octanol–water partition coefficient (Wildman–Crippen LogP) is 0.553. The molecule has 2 fully saturated rings. The van der Waals surface area contributed by atoms with Gasteiger partial charge < -0.3 is 20.9 Å². The van der Waals surface area contributed by atoms with Gasteiger partial charge >= 0.3 is 0 Å². The van der Waals surface area contributed by atoms with Crippen LogP contribution in [0, 0.1) is 5.41 Å². The normalized spacial score (nSPS) is 25.8. The summed E-state index contributed by atoms with van der Waals surface area (Å²) in [6, 6.07) is 0. The van der Waals surface area contributed by atoms with Crippen molar-refractivity contribution in [3.63, 3.8) is 0 Å². The molecule has 0 bridgehead atoms. The number of aliphatic hydroxyl groups is 1. The first kappa shape index (κ1) is 14.8. The van der Waals surface area contributed by atoms with Gasteiger partial charge in [0.1, 0.15) is 0 Å². The third-order valence-corrected chi connectivity index (χ3v) is 4.68. The largest absolute Gasteiger partial charge is 0.388 e. The lowest BCUT2D eigenvalue weighted by molar-refractivity contribution is -0.137. The maximum absolute atomic E-state index is 12.4. The van der Waals surface area contributed by atoms with Gasteiger partial charge in [-0.05, 0) is 25.7 Å². The summed E-state index contributed by atoms with van der Waals surface area (Å²) in [4.78, 5) is 12.4. The Hall–Kier alpha value is -0.650. The number of nitrogens with two attached hydrogens (primary N) is 1. The van der Waals surface area contributed by atoms with Crippen LogP contribution >= 0.6 is 0 Å². The molecule has 4 N–H and O–H groups in total. The monoisotopic (exact) mass is 270 g/mol. The standard InChI is InChI=1S/C14H26N2O3/c15-10-13(6-8-19-9-7-13)12(17)16-11-14(18)4-2-1-3-5-14/h18H,1-11,15H2,(H,16,17). The number of carbonyl (C=O) groups excluding carboxylic acids is 1. The molecule has 0 aromatic rings. The van der Waals surface area contributed by atoms with Crippen LogP contribution in [0.2, 0.25) is 0 Å². The van der Waals surface area contributed by atoms with Crippen molar-refractivity contribution in [3.05, 3.63) is 0 Å². The molecule has 1 aliphatic heterocycles. The Labute approximate surface area is 114 Å². The average Bonchev–Trinajstić information content (AvgIpc) is 2.46. The molecule has 5 heteroatoms. The minimum Gasteiger partial charge on any atom is -0.388 e. The van der Waals surface area contributed by atoms with Gasteiger partial charge in [0.2, 0.25) is 5.91 Å². The Bertz CT molecular complexity index is 308. The summed E-state index contributed by atoms with van der Waals surface area (Å²) in [5.41, 5.74) is 4.59. The topological polar surface area (TPSA) is 84.6 Å². The Morgan fingerprint density at radius 3 is 2.37 bits per heavy atom. The van der Waals surface area contributed by atoms with Gasteiger partial charge in [-0.25, -0.2) is 0 Å². The molecular formula is C14H26N2O3. The second-order valence-corrected chi connectivity index (χ2v) is 6.06. The smallest absolute Gasteiger partial charge is 0.227 e. The summed E-state index contributed by atoms with van der Waals surface area (Å²) in [6.07, 6.45) is 6.18. The lowest BCUT2D eigenvalue weighted by Gasteiger charge is -2.37. The van der Waals surface area contributed by atoms with Gasteiger partial charge in [0.25, 0.3) is 0 Å². The van der Waals surface area contributed by atoms with E-state index in [1.54, 1.807) is 0 Å². The molecule has 0 spiro atoms. The maximum Gasteiger partial charge on any atom is 0.227 e. The predicted molar refractivity (Wildman–Crippen MR) is 72.6 cm³/mol. The highest BCUT2D eigenvalue weighted by atomic mass is 16.5. The van der Waals surface area contributed by atoms with Crippen LogP contribution in [0.25, 0.3) is 0 Å². The summed E-state index contributed by atoms with van der Waals surface area (Å²) in [6.45, 7) is 1.89. The van der Waals surface area contributed by atoms with E-state index in [0.29, 0.717) is 39.1 Å². The third-order valence-electron chi connectivity index (χ3n) is 4.68. The fourth-order valence-corrected chi connectivity index (χ4v) is 3.10. The summed E-state index contributed by atoms with van der Waals surface area (Å²) >= 11 is 0. The average molecular weight is 270 g/mol. The number of hydrogen-bond acceptors (Lipinski definition) is 4. The Morgan fingerprint density at radius 2 is 1.79 bits per heavy atom. The highest BCUT2D eigenvalue weighted by molar-refractivity contribution is 5.83. The van der Waals surface area contributed by atoms with E-state index in [-0.39, 0.29) is 5.91 Å². The molecular weight excluding hydrogens is 244 g/mol. The van der Waals surface area contributed by atoms with E-state index < -0.39 is 11.0 Å². The van der Waals surface area contributed by atoms with Crippen molar-refractivity contribution in [3.8, 4) is 0 Å².